The second-order valence-corrected chi connectivity index (χ2v) is 4.95. The minimum atomic E-state index is -0.306. The van der Waals surface area contributed by atoms with Crippen molar-refractivity contribution in [1.82, 2.24) is 9.88 Å². The zero-order chi connectivity index (χ0) is 14.4. The molecular weight excluding hydrogens is 254 g/mol. The van der Waals surface area contributed by atoms with Gasteiger partial charge in [0.05, 0.1) is 12.2 Å². The van der Waals surface area contributed by atoms with E-state index in [0.717, 1.165) is 32.0 Å². The number of piperazine rings is 1. The summed E-state index contributed by atoms with van der Waals surface area (Å²) in [5.74, 6) is 0.633. The molecule has 0 spiro atoms. The highest BCUT2D eigenvalue weighted by Gasteiger charge is 2.17. The molecule has 0 bridgehead atoms. The van der Waals surface area contributed by atoms with Gasteiger partial charge in [-0.25, -0.2) is 9.78 Å². The van der Waals surface area contributed by atoms with Crippen LogP contribution in [0.15, 0.2) is 18.3 Å². The number of ether oxygens (including phenoxy) is 1. The Kier molecular flexibility index (Phi) is 5.35. The highest BCUT2D eigenvalue weighted by molar-refractivity contribution is 5.89. The number of hydrogen-bond acceptors (Lipinski definition) is 5. The standard InChI is InChI=1S/C15H23N3O2/c1-3-7-17-8-10-18(11-9-17)14-6-5-13(12-16-14)15(19)20-4-2/h5-6,12H,3-4,7-11H2,1-2H3. The first kappa shape index (κ1) is 14.8. The van der Waals surface area contributed by atoms with Gasteiger partial charge in [-0.2, -0.15) is 0 Å². The highest BCUT2D eigenvalue weighted by Crippen LogP contribution is 2.14. The summed E-state index contributed by atoms with van der Waals surface area (Å²) in [6.07, 6.45) is 2.80. The zero-order valence-electron chi connectivity index (χ0n) is 12.3. The third-order valence-electron chi connectivity index (χ3n) is 3.50. The lowest BCUT2D eigenvalue weighted by Crippen LogP contribution is -2.46. The molecule has 0 aliphatic carbocycles. The quantitative estimate of drug-likeness (QED) is 0.768. The average Bonchev–Trinajstić information content (AvgIpc) is 2.49. The number of hydrogen-bond donors (Lipinski definition) is 0. The van der Waals surface area contributed by atoms with E-state index in [9.17, 15) is 4.79 Å². The van der Waals surface area contributed by atoms with Gasteiger partial charge in [-0.1, -0.05) is 6.92 Å². The third kappa shape index (κ3) is 3.70. The minimum Gasteiger partial charge on any atom is -0.462 e. The maximum Gasteiger partial charge on any atom is 0.339 e. The monoisotopic (exact) mass is 277 g/mol. The normalized spacial score (nSPS) is 16.2. The Balaban J connectivity index is 1.92. The molecule has 110 valence electrons. The van der Waals surface area contributed by atoms with E-state index >= 15 is 0 Å². The van der Waals surface area contributed by atoms with Crippen molar-refractivity contribution in [3.63, 3.8) is 0 Å². The number of carbonyl (C=O) groups excluding carboxylic acids is 1. The molecule has 1 aliphatic rings. The van der Waals surface area contributed by atoms with Crippen molar-refractivity contribution in [3.05, 3.63) is 23.9 Å². The van der Waals surface area contributed by atoms with Gasteiger partial charge in [0, 0.05) is 32.4 Å². The molecule has 1 saturated heterocycles. The van der Waals surface area contributed by atoms with Crippen LogP contribution in [-0.4, -0.2) is 55.2 Å². The first-order valence-electron chi connectivity index (χ1n) is 7.35. The van der Waals surface area contributed by atoms with Gasteiger partial charge in [-0.3, -0.25) is 4.90 Å². The Morgan fingerprint density at radius 3 is 2.55 bits per heavy atom. The van der Waals surface area contributed by atoms with E-state index in [2.05, 4.69) is 21.7 Å². The summed E-state index contributed by atoms with van der Waals surface area (Å²) in [5, 5.41) is 0. The lowest BCUT2D eigenvalue weighted by molar-refractivity contribution is 0.0526. The number of aromatic nitrogens is 1. The van der Waals surface area contributed by atoms with Gasteiger partial charge in [0.25, 0.3) is 0 Å². The lowest BCUT2D eigenvalue weighted by Gasteiger charge is -2.35. The van der Waals surface area contributed by atoms with Crippen LogP contribution >= 0.6 is 0 Å². The Bertz CT molecular complexity index is 425. The molecule has 0 saturated carbocycles. The highest BCUT2D eigenvalue weighted by atomic mass is 16.5. The van der Waals surface area contributed by atoms with E-state index < -0.39 is 0 Å². The Morgan fingerprint density at radius 1 is 1.25 bits per heavy atom. The van der Waals surface area contributed by atoms with Gasteiger partial charge < -0.3 is 9.64 Å². The summed E-state index contributed by atoms with van der Waals surface area (Å²) >= 11 is 0. The summed E-state index contributed by atoms with van der Waals surface area (Å²) in [6, 6.07) is 3.69. The van der Waals surface area contributed by atoms with Crippen LogP contribution in [0, 0.1) is 0 Å². The first-order chi connectivity index (χ1) is 9.74. The van der Waals surface area contributed by atoms with Crippen LogP contribution < -0.4 is 4.90 Å². The van der Waals surface area contributed by atoms with Crippen molar-refractivity contribution in [2.75, 3.05) is 44.2 Å². The molecule has 1 aromatic rings. The van der Waals surface area contributed by atoms with E-state index in [1.54, 1.807) is 19.2 Å². The van der Waals surface area contributed by atoms with E-state index in [-0.39, 0.29) is 5.97 Å². The largest absolute Gasteiger partial charge is 0.462 e. The first-order valence-corrected chi connectivity index (χ1v) is 7.35. The Hall–Kier alpha value is -1.62. The van der Waals surface area contributed by atoms with Crippen LogP contribution in [0.2, 0.25) is 0 Å². The molecular formula is C15H23N3O2. The van der Waals surface area contributed by atoms with E-state index in [0.29, 0.717) is 12.2 Å². The predicted molar refractivity (Wildman–Crippen MR) is 79.1 cm³/mol. The lowest BCUT2D eigenvalue weighted by atomic mass is 10.2. The van der Waals surface area contributed by atoms with Crippen LogP contribution in [0.1, 0.15) is 30.6 Å². The Labute approximate surface area is 120 Å². The van der Waals surface area contributed by atoms with Crippen LogP contribution in [0.4, 0.5) is 5.82 Å². The smallest absolute Gasteiger partial charge is 0.339 e. The summed E-state index contributed by atoms with van der Waals surface area (Å²) in [6.45, 7) is 9.71. The summed E-state index contributed by atoms with van der Waals surface area (Å²) in [7, 11) is 0. The van der Waals surface area contributed by atoms with Crippen molar-refractivity contribution in [1.29, 1.82) is 0 Å². The molecule has 20 heavy (non-hydrogen) atoms. The number of rotatable bonds is 5. The van der Waals surface area contributed by atoms with E-state index in [1.807, 2.05) is 6.07 Å². The molecule has 0 atom stereocenters. The number of pyridine rings is 1. The summed E-state index contributed by atoms with van der Waals surface area (Å²) < 4.78 is 4.96. The number of anilines is 1. The summed E-state index contributed by atoms with van der Waals surface area (Å²) in [4.78, 5) is 20.7. The van der Waals surface area contributed by atoms with Crippen LogP contribution in [-0.2, 0) is 4.74 Å². The van der Waals surface area contributed by atoms with Crippen molar-refractivity contribution in [2.24, 2.45) is 0 Å². The van der Waals surface area contributed by atoms with Crippen molar-refractivity contribution < 1.29 is 9.53 Å². The molecule has 0 amide bonds. The van der Waals surface area contributed by atoms with Gasteiger partial charge in [0.1, 0.15) is 5.82 Å². The average molecular weight is 277 g/mol. The number of carbonyl (C=O) groups is 1. The molecule has 0 aromatic carbocycles. The molecule has 5 heteroatoms. The SMILES string of the molecule is CCCN1CCN(c2ccc(C(=O)OCC)cn2)CC1. The fraction of sp³-hybridized carbons (Fsp3) is 0.600. The molecule has 0 unspecified atom stereocenters. The minimum absolute atomic E-state index is 0.306. The van der Waals surface area contributed by atoms with E-state index in [1.165, 1.54) is 13.0 Å². The molecule has 1 aromatic heterocycles. The molecule has 1 fully saturated rings. The van der Waals surface area contributed by atoms with Gasteiger partial charge in [0.15, 0.2) is 0 Å². The van der Waals surface area contributed by atoms with Crippen LogP contribution in [0.5, 0.6) is 0 Å². The fourth-order valence-electron chi connectivity index (χ4n) is 2.43. The number of esters is 1. The van der Waals surface area contributed by atoms with Gasteiger partial charge in [0.2, 0.25) is 0 Å². The number of nitrogens with zero attached hydrogens (tertiary/aromatic N) is 3. The van der Waals surface area contributed by atoms with Crippen molar-refractivity contribution in [2.45, 2.75) is 20.3 Å². The summed E-state index contributed by atoms with van der Waals surface area (Å²) in [5.41, 5.74) is 0.514. The van der Waals surface area contributed by atoms with E-state index in [4.69, 9.17) is 4.74 Å². The predicted octanol–water partition coefficient (Wildman–Crippen LogP) is 1.79. The van der Waals surface area contributed by atoms with Crippen LogP contribution in [0.3, 0.4) is 0 Å². The van der Waals surface area contributed by atoms with Gasteiger partial charge in [-0.05, 0) is 32.0 Å². The maximum atomic E-state index is 11.6. The second kappa shape index (κ2) is 7.24. The molecule has 1 aliphatic heterocycles. The molecule has 2 rings (SSSR count). The third-order valence-corrected chi connectivity index (χ3v) is 3.50. The molecule has 2 heterocycles. The van der Waals surface area contributed by atoms with Gasteiger partial charge in [-0.15, -0.1) is 0 Å². The topological polar surface area (TPSA) is 45.7 Å². The Morgan fingerprint density at radius 2 is 2.00 bits per heavy atom. The van der Waals surface area contributed by atoms with Crippen molar-refractivity contribution >= 4 is 11.8 Å². The van der Waals surface area contributed by atoms with Crippen molar-refractivity contribution in [3.8, 4) is 0 Å². The van der Waals surface area contributed by atoms with Gasteiger partial charge >= 0.3 is 5.97 Å². The molecule has 0 N–H and O–H groups in total. The molecule has 5 nitrogen and oxygen atoms in total. The molecule has 0 radical (unpaired) electrons. The second-order valence-electron chi connectivity index (χ2n) is 4.95. The maximum absolute atomic E-state index is 11.6. The zero-order valence-corrected chi connectivity index (χ0v) is 12.3. The van der Waals surface area contributed by atoms with Crippen LogP contribution in [0.25, 0.3) is 0 Å². The fourth-order valence-corrected chi connectivity index (χ4v) is 2.43.